The molecule has 23 heavy (non-hydrogen) atoms. The third kappa shape index (κ3) is 4.57. The highest BCUT2D eigenvalue weighted by Gasteiger charge is 2.33. The summed E-state index contributed by atoms with van der Waals surface area (Å²) >= 11 is 0. The lowest BCUT2D eigenvalue weighted by molar-refractivity contribution is 0.0834. The van der Waals surface area contributed by atoms with Gasteiger partial charge in [-0.05, 0) is 17.5 Å². The molecular weight excluding hydrogens is 329 g/mol. The molecule has 0 amide bonds. The molecule has 0 bridgehead atoms. The predicted octanol–water partition coefficient (Wildman–Crippen LogP) is 4.07. The average Bonchev–Trinajstić information content (AvgIpc) is 2.47. The van der Waals surface area contributed by atoms with E-state index in [2.05, 4.69) is 67.4 Å². The molecule has 1 N–H and O–H groups in total. The van der Waals surface area contributed by atoms with Crippen LogP contribution in [-0.2, 0) is 0 Å². The number of piperazine rings is 1. The lowest BCUT2D eigenvalue weighted by Gasteiger charge is -2.42. The number of nitrogens with zero attached hydrogens (tertiary/aromatic N) is 2. The average molecular weight is 356 g/mol. The summed E-state index contributed by atoms with van der Waals surface area (Å²) < 4.78 is 0. The third-order valence-electron chi connectivity index (χ3n) is 4.24. The summed E-state index contributed by atoms with van der Waals surface area (Å²) in [4.78, 5) is 7.53. The summed E-state index contributed by atoms with van der Waals surface area (Å²) in [5, 5.41) is 4.66. The van der Waals surface area contributed by atoms with Crippen molar-refractivity contribution in [1.82, 2.24) is 15.2 Å². The van der Waals surface area contributed by atoms with Crippen molar-refractivity contribution in [2.75, 3.05) is 26.2 Å². The molecular formula is C18H27Cl2N3. The molecule has 0 aliphatic carbocycles. The van der Waals surface area contributed by atoms with Gasteiger partial charge >= 0.3 is 0 Å². The van der Waals surface area contributed by atoms with Crippen LogP contribution in [0.2, 0.25) is 0 Å². The van der Waals surface area contributed by atoms with Gasteiger partial charge in [-0.2, -0.15) is 0 Å². The Hall–Kier alpha value is -0.870. The normalized spacial score (nSPS) is 17.2. The molecule has 0 saturated carbocycles. The van der Waals surface area contributed by atoms with E-state index in [4.69, 9.17) is 4.98 Å². The van der Waals surface area contributed by atoms with Crippen LogP contribution in [0.4, 0.5) is 0 Å². The van der Waals surface area contributed by atoms with Crippen LogP contribution in [0, 0.1) is 5.41 Å². The van der Waals surface area contributed by atoms with Crippen LogP contribution in [0.5, 0.6) is 0 Å². The summed E-state index contributed by atoms with van der Waals surface area (Å²) in [6.07, 6.45) is 0. The van der Waals surface area contributed by atoms with Gasteiger partial charge in [0.2, 0.25) is 0 Å². The molecule has 1 aliphatic rings. The molecule has 128 valence electrons. The zero-order valence-corrected chi connectivity index (χ0v) is 15.7. The highest BCUT2D eigenvalue weighted by atomic mass is 35.5. The van der Waals surface area contributed by atoms with Gasteiger partial charge < -0.3 is 5.32 Å². The minimum absolute atomic E-state index is 0. The highest BCUT2D eigenvalue weighted by molar-refractivity contribution is 5.85. The van der Waals surface area contributed by atoms with Crippen LogP contribution in [0.3, 0.4) is 0 Å². The Bertz CT molecular complexity index is 619. The number of hydrogen-bond donors (Lipinski definition) is 1. The second kappa shape index (κ2) is 8.29. The van der Waals surface area contributed by atoms with E-state index in [0.29, 0.717) is 6.04 Å². The highest BCUT2D eigenvalue weighted by Crippen LogP contribution is 2.37. The van der Waals surface area contributed by atoms with Crippen LogP contribution in [0.15, 0.2) is 36.4 Å². The molecule has 1 fully saturated rings. The minimum Gasteiger partial charge on any atom is -0.314 e. The van der Waals surface area contributed by atoms with E-state index in [1.807, 2.05) is 0 Å². The molecule has 0 unspecified atom stereocenters. The van der Waals surface area contributed by atoms with Gasteiger partial charge in [-0.3, -0.25) is 9.88 Å². The first-order valence-corrected chi connectivity index (χ1v) is 7.86. The Kier molecular flexibility index (Phi) is 7.28. The number of benzene rings is 1. The summed E-state index contributed by atoms with van der Waals surface area (Å²) in [5.41, 5.74) is 2.47. The molecule has 0 spiro atoms. The number of nitrogens with one attached hydrogen (secondary N) is 1. The number of fused-ring (bicyclic) bond motifs is 1. The second-order valence-corrected chi connectivity index (χ2v) is 6.98. The first kappa shape index (κ1) is 20.2. The maximum Gasteiger partial charge on any atom is 0.0706 e. The molecule has 1 aromatic heterocycles. The van der Waals surface area contributed by atoms with Crippen LogP contribution in [0.25, 0.3) is 10.9 Å². The number of halogens is 2. The third-order valence-corrected chi connectivity index (χ3v) is 4.24. The van der Waals surface area contributed by atoms with Crippen molar-refractivity contribution in [1.29, 1.82) is 0 Å². The van der Waals surface area contributed by atoms with Crippen molar-refractivity contribution >= 4 is 35.7 Å². The molecule has 1 saturated heterocycles. The van der Waals surface area contributed by atoms with E-state index in [0.717, 1.165) is 31.7 Å². The van der Waals surface area contributed by atoms with Crippen LogP contribution < -0.4 is 5.32 Å². The lowest BCUT2D eigenvalue weighted by atomic mass is 9.83. The summed E-state index contributed by atoms with van der Waals surface area (Å²) in [5.74, 6) is 0. The van der Waals surface area contributed by atoms with E-state index >= 15 is 0 Å². The fourth-order valence-corrected chi connectivity index (χ4v) is 3.35. The maximum atomic E-state index is 4.96. The molecule has 2 heterocycles. The molecule has 0 radical (unpaired) electrons. The number of pyridine rings is 1. The van der Waals surface area contributed by atoms with E-state index in [1.165, 1.54) is 11.1 Å². The number of rotatable bonds is 2. The van der Waals surface area contributed by atoms with Crippen LogP contribution in [-0.4, -0.2) is 36.1 Å². The molecule has 3 nitrogen and oxygen atoms in total. The quantitative estimate of drug-likeness (QED) is 0.879. The van der Waals surface area contributed by atoms with Gasteiger partial charge in [-0.15, -0.1) is 24.8 Å². The number of aromatic nitrogens is 1. The smallest absolute Gasteiger partial charge is 0.0706 e. The van der Waals surface area contributed by atoms with Gasteiger partial charge in [-0.1, -0.05) is 45.0 Å². The van der Waals surface area contributed by atoms with Crippen LogP contribution >= 0.6 is 24.8 Å². The van der Waals surface area contributed by atoms with Gasteiger partial charge in [0.05, 0.1) is 17.3 Å². The fraction of sp³-hybridized carbons (Fsp3) is 0.500. The monoisotopic (exact) mass is 355 g/mol. The molecule has 3 rings (SSSR count). The Morgan fingerprint density at radius 1 is 1.00 bits per heavy atom. The van der Waals surface area contributed by atoms with Crippen LogP contribution in [0.1, 0.15) is 32.5 Å². The van der Waals surface area contributed by atoms with Gasteiger partial charge in [0.25, 0.3) is 0 Å². The van der Waals surface area contributed by atoms with Gasteiger partial charge in [0, 0.05) is 31.6 Å². The van der Waals surface area contributed by atoms with Crippen molar-refractivity contribution in [3.63, 3.8) is 0 Å². The van der Waals surface area contributed by atoms with Crippen molar-refractivity contribution in [2.24, 2.45) is 5.41 Å². The Labute approximate surface area is 151 Å². The Balaban J connectivity index is 0.00000132. The zero-order valence-electron chi connectivity index (χ0n) is 14.1. The van der Waals surface area contributed by atoms with Crippen molar-refractivity contribution in [2.45, 2.75) is 26.8 Å². The lowest BCUT2D eigenvalue weighted by Crippen LogP contribution is -2.48. The van der Waals surface area contributed by atoms with Crippen molar-refractivity contribution in [3.05, 3.63) is 42.1 Å². The van der Waals surface area contributed by atoms with Gasteiger partial charge in [0.1, 0.15) is 0 Å². The fourth-order valence-electron chi connectivity index (χ4n) is 3.35. The van der Waals surface area contributed by atoms with Crippen molar-refractivity contribution in [3.8, 4) is 0 Å². The first-order valence-electron chi connectivity index (χ1n) is 7.86. The second-order valence-electron chi connectivity index (χ2n) is 6.98. The molecule has 1 aromatic carbocycles. The largest absolute Gasteiger partial charge is 0.314 e. The number of hydrogen-bond acceptors (Lipinski definition) is 3. The Morgan fingerprint density at radius 2 is 1.65 bits per heavy atom. The predicted molar refractivity (Wildman–Crippen MR) is 103 cm³/mol. The molecule has 5 heteroatoms. The number of para-hydroxylation sites is 1. The van der Waals surface area contributed by atoms with Gasteiger partial charge in [-0.25, -0.2) is 0 Å². The van der Waals surface area contributed by atoms with Crippen molar-refractivity contribution < 1.29 is 0 Å². The zero-order chi connectivity index (χ0) is 14.9. The topological polar surface area (TPSA) is 28.2 Å². The van der Waals surface area contributed by atoms with E-state index in [9.17, 15) is 0 Å². The summed E-state index contributed by atoms with van der Waals surface area (Å²) in [7, 11) is 0. The molecule has 2 aromatic rings. The molecule has 1 aliphatic heterocycles. The van der Waals surface area contributed by atoms with E-state index in [1.54, 1.807) is 0 Å². The van der Waals surface area contributed by atoms with E-state index < -0.39 is 0 Å². The van der Waals surface area contributed by atoms with Gasteiger partial charge in [0.15, 0.2) is 0 Å². The summed E-state index contributed by atoms with van der Waals surface area (Å²) in [6, 6.07) is 13.2. The molecule has 1 atom stereocenters. The summed E-state index contributed by atoms with van der Waals surface area (Å²) in [6.45, 7) is 11.3. The standard InChI is InChI=1S/C18H25N3.2ClH/c1-18(2,3)17(21-12-10-19-11-13-21)16-9-8-14-6-4-5-7-15(14)20-16;;/h4-9,17,19H,10-13H2,1-3H3;2*1H/t17-;;/m0../s1. The van der Waals surface area contributed by atoms with E-state index in [-0.39, 0.29) is 30.2 Å². The first-order chi connectivity index (χ1) is 10.1. The SMILES string of the molecule is CC(C)(C)[C@H](c1ccc2ccccc2n1)N1CCNCC1.Cl.Cl. The minimum atomic E-state index is 0. The Morgan fingerprint density at radius 3 is 2.30 bits per heavy atom. The maximum absolute atomic E-state index is 4.96.